The summed E-state index contributed by atoms with van der Waals surface area (Å²) >= 11 is 0. The summed E-state index contributed by atoms with van der Waals surface area (Å²) in [4.78, 5) is 12.5. The standard InChI is InChI=1S/C17H23N5O3/c1-24-14-8-12(9-15(10-14)25-2)17(23)18-11-16-19-20-21-22(16)13-6-4-3-5-7-13/h8-10,13H,3-7,11H2,1-2H3,(H,18,23). The van der Waals surface area contributed by atoms with Crippen LogP contribution in [0.4, 0.5) is 0 Å². The van der Waals surface area contributed by atoms with Crippen LogP contribution in [0.2, 0.25) is 0 Å². The number of amides is 1. The number of nitrogens with one attached hydrogen (secondary N) is 1. The molecule has 3 rings (SSSR count). The molecule has 8 nitrogen and oxygen atoms in total. The van der Waals surface area contributed by atoms with Gasteiger partial charge in [-0.05, 0) is 35.4 Å². The van der Waals surface area contributed by atoms with Gasteiger partial charge in [0.05, 0.1) is 26.8 Å². The van der Waals surface area contributed by atoms with Gasteiger partial charge in [-0.15, -0.1) is 5.10 Å². The van der Waals surface area contributed by atoms with Gasteiger partial charge >= 0.3 is 0 Å². The van der Waals surface area contributed by atoms with Gasteiger partial charge in [0.1, 0.15) is 11.5 Å². The largest absolute Gasteiger partial charge is 0.497 e. The van der Waals surface area contributed by atoms with Crippen molar-refractivity contribution in [2.24, 2.45) is 0 Å². The summed E-state index contributed by atoms with van der Waals surface area (Å²) < 4.78 is 12.3. The number of hydrogen-bond donors (Lipinski definition) is 1. The normalized spacial score (nSPS) is 15.0. The van der Waals surface area contributed by atoms with Gasteiger partial charge in [0.25, 0.3) is 5.91 Å². The van der Waals surface area contributed by atoms with Crippen molar-refractivity contribution in [2.45, 2.75) is 44.7 Å². The zero-order valence-corrected chi connectivity index (χ0v) is 14.6. The maximum Gasteiger partial charge on any atom is 0.251 e. The SMILES string of the molecule is COc1cc(OC)cc(C(=O)NCc2nnnn2C2CCCCC2)c1. The van der Waals surface area contributed by atoms with Gasteiger partial charge in [-0.3, -0.25) is 4.79 Å². The van der Waals surface area contributed by atoms with Gasteiger partial charge in [-0.1, -0.05) is 19.3 Å². The molecule has 1 aliphatic rings. The van der Waals surface area contributed by atoms with E-state index in [-0.39, 0.29) is 12.5 Å². The first-order valence-corrected chi connectivity index (χ1v) is 8.49. The van der Waals surface area contributed by atoms with E-state index < -0.39 is 0 Å². The lowest BCUT2D eigenvalue weighted by Crippen LogP contribution is -2.26. The quantitative estimate of drug-likeness (QED) is 0.862. The molecular formula is C17H23N5O3. The highest BCUT2D eigenvalue weighted by Crippen LogP contribution is 2.27. The van der Waals surface area contributed by atoms with Crippen LogP contribution in [0.3, 0.4) is 0 Å². The number of tetrazole rings is 1. The number of nitrogens with zero attached hydrogens (tertiary/aromatic N) is 4. The van der Waals surface area contributed by atoms with Crippen LogP contribution in [-0.4, -0.2) is 40.3 Å². The molecule has 0 unspecified atom stereocenters. The van der Waals surface area contributed by atoms with E-state index in [0.717, 1.165) is 12.8 Å². The van der Waals surface area contributed by atoms with E-state index in [1.165, 1.54) is 19.3 Å². The molecule has 0 radical (unpaired) electrons. The lowest BCUT2D eigenvalue weighted by molar-refractivity contribution is 0.0948. The van der Waals surface area contributed by atoms with Crippen molar-refractivity contribution in [3.8, 4) is 11.5 Å². The number of methoxy groups -OCH3 is 2. The van der Waals surface area contributed by atoms with Crippen molar-refractivity contribution in [1.82, 2.24) is 25.5 Å². The Kier molecular flexibility index (Phi) is 5.47. The number of ether oxygens (including phenoxy) is 2. The maximum absolute atomic E-state index is 12.5. The highest BCUT2D eigenvalue weighted by atomic mass is 16.5. The Morgan fingerprint density at radius 1 is 1.16 bits per heavy atom. The Morgan fingerprint density at radius 2 is 1.84 bits per heavy atom. The van der Waals surface area contributed by atoms with Crippen molar-refractivity contribution in [2.75, 3.05) is 14.2 Å². The summed E-state index contributed by atoms with van der Waals surface area (Å²) in [6.07, 6.45) is 5.82. The number of aromatic nitrogens is 4. The van der Waals surface area contributed by atoms with Crippen molar-refractivity contribution in [3.63, 3.8) is 0 Å². The highest BCUT2D eigenvalue weighted by molar-refractivity contribution is 5.95. The molecular weight excluding hydrogens is 322 g/mol. The molecule has 1 saturated carbocycles. The molecule has 0 bridgehead atoms. The van der Waals surface area contributed by atoms with Gasteiger partial charge < -0.3 is 14.8 Å². The second kappa shape index (κ2) is 7.96. The summed E-state index contributed by atoms with van der Waals surface area (Å²) in [5, 5.41) is 14.8. The number of benzene rings is 1. The first-order chi connectivity index (χ1) is 12.2. The predicted molar refractivity (Wildman–Crippen MR) is 90.7 cm³/mol. The molecule has 1 heterocycles. The molecule has 1 aromatic heterocycles. The molecule has 1 fully saturated rings. The summed E-state index contributed by atoms with van der Waals surface area (Å²) in [6, 6.07) is 5.39. The van der Waals surface area contributed by atoms with Crippen LogP contribution < -0.4 is 14.8 Å². The molecule has 0 saturated heterocycles. The zero-order chi connectivity index (χ0) is 17.6. The third-order valence-electron chi connectivity index (χ3n) is 4.50. The van der Waals surface area contributed by atoms with Crippen LogP contribution in [0.15, 0.2) is 18.2 Å². The van der Waals surface area contributed by atoms with Crippen LogP contribution in [-0.2, 0) is 6.54 Å². The maximum atomic E-state index is 12.5. The van der Waals surface area contributed by atoms with Gasteiger partial charge in [0.2, 0.25) is 0 Å². The molecule has 1 N–H and O–H groups in total. The van der Waals surface area contributed by atoms with Gasteiger partial charge in [0, 0.05) is 11.6 Å². The molecule has 1 aliphatic carbocycles. The second-order valence-electron chi connectivity index (χ2n) is 6.12. The molecule has 2 aromatic rings. The minimum Gasteiger partial charge on any atom is -0.497 e. The summed E-state index contributed by atoms with van der Waals surface area (Å²) in [5.74, 6) is 1.58. The van der Waals surface area contributed by atoms with E-state index in [9.17, 15) is 4.79 Å². The van der Waals surface area contributed by atoms with Crippen LogP contribution in [0.25, 0.3) is 0 Å². The molecule has 0 aliphatic heterocycles. The third kappa shape index (κ3) is 4.07. The highest BCUT2D eigenvalue weighted by Gasteiger charge is 2.20. The fourth-order valence-corrected chi connectivity index (χ4v) is 3.14. The number of rotatable bonds is 6. The topological polar surface area (TPSA) is 91.2 Å². The number of hydrogen-bond acceptors (Lipinski definition) is 6. The summed E-state index contributed by atoms with van der Waals surface area (Å²) in [5.41, 5.74) is 0.466. The predicted octanol–water partition coefficient (Wildman–Crippen LogP) is 2.13. The Labute approximate surface area is 146 Å². The lowest BCUT2D eigenvalue weighted by atomic mass is 9.95. The van der Waals surface area contributed by atoms with E-state index in [1.54, 1.807) is 32.4 Å². The minimum absolute atomic E-state index is 0.226. The van der Waals surface area contributed by atoms with Crippen LogP contribution in [0.5, 0.6) is 11.5 Å². The lowest BCUT2D eigenvalue weighted by Gasteiger charge is -2.22. The zero-order valence-electron chi connectivity index (χ0n) is 14.6. The summed E-state index contributed by atoms with van der Waals surface area (Å²) in [6.45, 7) is 0.280. The molecule has 0 atom stereocenters. The molecule has 25 heavy (non-hydrogen) atoms. The van der Waals surface area contributed by atoms with Crippen molar-refractivity contribution in [3.05, 3.63) is 29.6 Å². The molecule has 8 heteroatoms. The molecule has 1 aromatic carbocycles. The van der Waals surface area contributed by atoms with Gasteiger partial charge in [-0.25, -0.2) is 4.68 Å². The van der Waals surface area contributed by atoms with Crippen LogP contribution in [0, 0.1) is 0 Å². The number of carbonyl (C=O) groups excluding carboxylic acids is 1. The average Bonchev–Trinajstić information content (AvgIpc) is 3.14. The van der Waals surface area contributed by atoms with Crippen LogP contribution in [0.1, 0.15) is 54.3 Å². The van der Waals surface area contributed by atoms with E-state index in [4.69, 9.17) is 9.47 Å². The monoisotopic (exact) mass is 345 g/mol. The van der Waals surface area contributed by atoms with E-state index >= 15 is 0 Å². The number of carbonyl (C=O) groups is 1. The second-order valence-corrected chi connectivity index (χ2v) is 6.12. The average molecular weight is 345 g/mol. The van der Waals surface area contributed by atoms with Gasteiger partial charge in [-0.2, -0.15) is 0 Å². The molecule has 134 valence electrons. The fraction of sp³-hybridized carbons (Fsp3) is 0.529. The molecule has 1 amide bonds. The Hall–Kier alpha value is -2.64. The Balaban J connectivity index is 1.68. The van der Waals surface area contributed by atoms with Crippen molar-refractivity contribution in [1.29, 1.82) is 0 Å². The Morgan fingerprint density at radius 3 is 2.48 bits per heavy atom. The first-order valence-electron chi connectivity index (χ1n) is 8.49. The van der Waals surface area contributed by atoms with E-state index in [0.29, 0.717) is 28.9 Å². The van der Waals surface area contributed by atoms with Crippen molar-refractivity contribution < 1.29 is 14.3 Å². The third-order valence-corrected chi connectivity index (χ3v) is 4.50. The summed E-state index contributed by atoms with van der Waals surface area (Å²) in [7, 11) is 3.10. The van der Waals surface area contributed by atoms with Crippen LogP contribution >= 0.6 is 0 Å². The van der Waals surface area contributed by atoms with Crippen molar-refractivity contribution >= 4 is 5.91 Å². The minimum atomic E-state index is -0.226. The fourth-order valence-electron chi connectivity index (χ4n) is 3.14. The smallest absolute Gasteiger partial charge is 0.251 e. The first kappa shape index (κ1) is 17.2. The van der Waals surface area contributed by atoms with E-state index in [2.05, 4.69) is 20.8 Å². The van der Waals surface area contributed by atoms with Gasteiger partial charge in [0.15, 0.2) is 5.82 Å². The Bertz CT molecular complexity index is 703. The molecule has 0 spiro atoms. The van der Waals surface area contributed by atoms with E-state index in [1.807, 2.05) is 4.68 Å².